The fourth-order valence-electron chi connectivity index (χ4n) is 3.09. The molecule has 0 aliphatic carbocycles. The highest BCUT2D eigenvalue weighted by Gasteiger charge is 2.51. The first-order valence-electron chi connectivity index (χ1n) is 7.35. The van der Waals surface area contributed by atoms with Gasteiger partial charge in [0, 0.05) is 10.0 Å². The van der Waals surface area contributed by atoms with Crippen LogP contribution in [-0.2, 0) is 11.2 Å². The van der Waals surface area contributed by atoms with Crippen LogP contribution >= 0.6 is 15.9 Å². The summed E-state index contributed by atoms with van der Waals surface area (Å²) in [6.07, 6.45) is -0.663. The normalized spacial score (nSPS) is 23.1. The Labute approximate surface area is 143 Å². The van der Waals surface area contributed by atoms with E-state index in [1.165, 1.54) is 6.92 Å². The molecule has 2 aromatic carbocycles. The minimum Gasteiger partial charge on any atom is -0.461 e. The summed E-state index contributed by atoms with van der Waals surface area (Å²) in [6, 6.07) is 15.0. The van der Waals surface area contributed by atoms with Crippen molar-refractivity contribution in [1.82, 2.24) is 0 Å². The summed E-state index contributed by atoms with van der Waals surface area (Å²) in [6.45, 7) is 5.42. The van der Waals surface area contributed by atoms with Crippen LogP contribution in [0.4, 0.5) is 0 Å². The number of Topliss-reactive ketones (excluding diaryl/α,β-unsaturated/α-hetero) is 1. The zero-order valence-electron chi connectivity index (χ0n) is 12.8. The number of carbonyl (C=O) groups is 1. The molecule has 2 atom stereocenters. The predicted octanol–water partition coefficient (Wildman–Crippen LogP) is 4.21. The molecule has 2 unspecified atom stereocenters. The fraction of sp³-hybridized carbons (Fsp3) is 0.211. The average molecular weight is 373 g/mol. The molecule has 118 valence electrons. The lowest BCUT2D eigenvalue weighted by Crippen LogP contribution is -2.44. The van der Waals surface area contributed by atoms with E-state index in [0.29, 0.717) is 17.7 Å². The molecule has 3 rings (SSSR count). The molecule has 23 heavy (non-hydrogen) atoms. The second-order valence-corrected chi connectivity index (χ2v) is 6.72. The van der Waals surface area contributed by atoms with Crippen LogP contribution in [0.1, 0.15) is 24.2 Å². The van der Waals surface area contributed by atoms with E-state index in [0.717, 1.165) is 10.0 Å². The number of carbonyl (C=O) groups excluding carboxylic acids is 1. The lowest BCUT2D eigenvalue weighted by molar-refractivity contribution is -0.133. The Morgan fingerprint density at radius 2 is 2.00 bits per heavy atom. The fourth-order valence-corrected chi connectivity index (χ4v) is 3.47. The SMILES string of the molecule is C=C1Oc2ccc(Br)cc2C(O)C1(Cc1ccccc1)C(C)=O. The number of ether oxygens (including phenoxy) is 1. The van der Waals surface area contributed by atoms with Gasteiger partial charge in [0.25, 0.3) is 0 Å². The van der Waals surface area contributed by atoms with E-state index in [1.54, 1.807) is 12.1 Å². The molecule has 0 bridgehead atoms. The van der Waals surface area contributed by atoms with Crippen LogP contribution in [0.15, 0.2) is 65.3 Å². The molecular weight excluding hydrogens is 356 g/mol. The second kappa shape index (κ2) is 5.95. The lowest BCUT2D eigenvalue weighted by atomic mass is 9.69. The number of ketones is 1. The van der Waals surface area contributed by atoms with Crippen molar-refractivity contribution in [2.75, 3.05) is 0 Å². The summed E-state index contributed by atoms with van der Waals surface area (Å²) in [4.78, 5) is 12.5. The Morgan fingerprint density at radius 1 is 1.30 bits per heavy atom. The van der Waals surface area contributed by atoms with Crippen molar-refractivity contribution in [2.24, 2.45) is 5.41 Å². The minimum atomic E-state index is -1.19. The maximum atomic E-state index is 12.5. The molecule has 3 nitrogen and oxygen atoms in total. The molecule has 0 aromatic heterocycles. The van der Waals surface area contributed by atoms with Crippen LogP contribution in [0.2, 0.25) is 0 Å². The summed E-state index contributed by atoms with van der Waals surface area (Å²) < 4.78 is 6.63. The summed E-state index contributed by atoms with van der Waals surface area (Å²) in [5.41, 5.74) is 0.359. The quantitative estimate of drug-likeness (QED) is 0.877. The summed E-state index contributed by atoms with van der Waals surface area (Å²) >= 11 is 3.40. The van der Waals surface area contributed by atoms with Gasteiger partial charge < -0.3 is 9.84 Å². The number of benzene rings is 2. The Morgan fingerprint density at radius 3 is 2.65 bits per heavy atom. The van der Waals surface area contributed by atoms with Gasteiger partial charge in [-0.05, 0) is 37.1 Å². The Hall–Kier alpha value is -1.91. The number of rotatable bonds is 3. The van der Waals surface area contributed by atoms with Gasteiger partial charge in [0.2, 0.25) is 0 Å². The first-order chi connectivity index (χ1) is 10.9. The van der Waals surface area contributed by atoms with Gasteiger partial charge in [0.05, 0.1) is 0 Å². The minimum absolute atomic E-state index is 0.163. The summed E-state index contributed by atoms with van der Waals surface area (Å²) in [7, 11) is 0. The van der Waals surface area contributed by atoms with Crippen LogP contribution < -0.4 is 4.74 Å². The van der Waals surface area contributed by atoms with Gasteiger partial charge in [-0.25, -0.2) is 0 Å². The first-order valence-corrected chi connectivity index (χ1v) is 8.14. The highest BCUT2D eigenvalue weighted by Crippen LogP contribution is 2.51. The van der Waals surface area contributed by atoms with Crippen LogP contribution in [0.3, 0.4) is 0 Å². The molecule has 2 aromatic rings. The van der Waals surface area contributed by atoms with Crippen molar-refractivity contribution in [3.63, 3.8) is 0 Å². The Kier molecular flexibility index (Phi) is 4.13. The van der Waals surface area contributed by atoms with Gasteiger partial charge in [-0.2, -0.15) is 0 Å². The Balaban J connectivity index is 2.12. The van der Waals surface area contributed by atoms with Crippen molar-refractivity contribution < 1.29 is 14.6 Å². The van der Waals surface area contributed by atoms with Crippen LogP contribution in [0.25, 0.3) is 0 Å². The average Bonchev–Trinajstić information content (AvgIpc) is 2.53. The Bertz CT molecular complexity index is 769. The van der Waals surface area contributed by atoms with Crippen molar-refractivity contribution in [3.05, 3.63) is 76.5 Å². The van der Waals surface area contributed by atoms with E-state index in [2.05, 4.69) is 22.5 Å². The maximum Gasteiger partial charge on any atom is 0.146 e. The van der Waals surface area contributed by atoms with Crippen molar-refractivity contribution in [1.29, 1.82) is 0 Å². The van der Waals surface area contributed by atoms with E-state index in [-0.39, 0.29) is 11.5 Å². The predicted molar refractivity (Wildman–Crippen MR) is 92.1 cm³/mol. The number of aliphatic hydroxyl groups is 1. The highest BCUT2D eigenvalue weighted by molar-refractivity contribution is 9.10. The van der Waals surface area contributed by atoms with Crippen LogP contribution in [-0.4, -0.2) is 10.9 Å². The molecule has 1 aliphatic heterocycles. The zero-order valence-corrected chi connectivity index (χ0v) is 14.3. The monoisotopic (exact) mass is 372 g/mol. The molecule has 0 fully saturated rings. The third-order valence-corrected chi connectivity index (χ3v) is 4.91. The molecule has 0 saturated heterocycles. The highest BCUT2D eigenvalue weighted by atomic mass is 79.9. The van der Waals surface area contributed by atoms with Gasteiger partial charge in [-0.15, -0.1) is 0 Å². The zero-order chi connectivity index (χ0) is 16.6. The number of hydrogen-bond donors (Lipinski definition) is 1. The van der Waals surface area contributed by atoms with Crippen LogP contribution in [0, 0.1) is 5.41 Å². The maximum absolute atomic E-state index is 12.5. The molecule has 1 aliphatic rings. The number of aliphatic hydroxyl groups excluding tert-OH is 1. The van der Waals surface area contributed by atoms with E-state index in [1.807, 2.05) is 36.4 Å². The van der Waals surface area contributed by atoms with Gasteiger partial charge >= 0.3 is 0 Å². The summed E-state index contributed by atoms with van der Waals surface area (Å²) in [5, 5.41) is 11.0. The lowest BCUT2D eigenvalue weighted by Gasteiger charge is -2.41. The topological polar surface area (TPSA) is 46.5 Å². The standard InChI is InChI=1S/C19H17BrO3/c1-12(21)19(11-14-6-4-3-5-7-14)13(2)23-17-9-8-15(20)10-16(17)18(19)22/h3-10,18,22H,2,11H2,1H3. The number of fused-ring (bicyclic) bond motifs is 1. The third-order valence-electron chi connectivity index (χ3n) is 4.42. The van der Waals surface area contributed by atoms with Crippen LogP contribution in [0.5, 0.6) is 5.75 Å². The molecule has 0 saturated carbocycles. The molecule has 1 N–H and O–H groups in total. The summed E-state index contributed by atoms with van der Waals surface area (Å²) in [5.74, 6) is 0.663. The molecule has 0 amide bonds. The van der Waals surface area contributed by atoms with Crippen molar-refractivity contribution in [3.8, 4) is 5.75 Å². The van der Waals surface area contributed by atoms with Gasteiger partial charge in [-0.3, -0.25) is 4.79 Å². The van der Waals surface area contributed by atoms with E-state index in [9.17, 15) is 9.90 Å². The van der Waals surface area contributed by atoms with Gasteiger partial charge in [0.1, 0.15) is 28.8 Å². The van der Waals surface area contributed by atoms with E-state index in [4.69, 9.17) is 4.74 Å². The van der Waals surface area contributed by atoms with E-state index >= 15 is 0 Å². The number of halogens is 1. The smallest absolute Gasteiger partial charge is 0.146 e. The van der Waals surface area contributed by atoms with Gasteiger partial charge in [-0.1, -0.05) is 52.8 Å². The van der Waals surface area contributed by atoms with Crippen molar-refractivity contribution in [2.45, 2.75) is 19.4 Å². The molecule has 1 heterocycles. The van der Waals surface area contributed by atoms with E-state index < -0.39 is 11.5 Å². The number of hydrogen-bond acceptors (Lipinski definition) is 3. The second-order valence-electron chi connectivity index (χ2n) is 5.80. The molecule has 0 spiro atoms. The largest absolute Gasteiger partial charge is 0.461 e. The third kappa shape index (κ3) is 2.62. The van der Waals surface area contributed by atoms with Gasteiger partial charge in [0.15, 0.2) is 0 Å². The first kappa shape index (κ1) is 16.0. The molecule has 0 radical (unpaired) electrons. The molecular formula is C19H17BrO3. The molecule has 4 heteroatoms. The van der Waals surface area contributed by atoms with Crippen molar-refractivity contribution >= 4 is 21.7 Å².